The average Bonchev–Trinajstić information content (AvgIpc) is 2.75. The van der Waals surface area contributed by atoms with E-state index >= 15 is 0 Å². The van der Waals surface area contributed by atoms with E-state index in [1.165, 1.54) is 6.07 Å². The lowest BCUT2D eigenvalue weighted by Crippen LogP contribution is -2.56. The van der Waals surface area contributed by atoms with Crippen LogP contribution in [0.1, 0.15) is 6.42 Å². The summed E-state index contributed by atoms with van der Waals surface area (Å²) in [5.41, 5.74) is 1.15. The Kier molecular flexibility index (Phi) is 5.85. The van der Waals surface area contributed by atoms with Crippen LogP contribution in [0.3, 0.4) is 0 Å². The van der Waals surface area contributed by atoms with Crippen molar-refractivity contribution in [2.75, 3.05) is 36.4 Å². The first-order valence-corrected chi connectivity index (χ1v) is 10.1. The fourth-order valence-electron chi connectivity index (χ4n) is 3.52. The van der Waals surface area contributed by atoms with Crippen LogP contribution in [0.15, 0.2) is 53.5 Å². The zero-order valence-corrected chi connectivity index (χ0v) is 16.9. The monoisotopic (exact) mass is 429 g/mol. The molecule has 4 rings (SSSR count). The van der Waals surface area contributed by atoms with Crippen LogP contribution in [0, 0.1) is 5.82 Å². The van der Waals surface area contributed by atoms with Gasteiger partial charge in [-0.2, -0.15) is 0 Å². The Balaban J connectivity index is 1.41. The minimum absolute atomic E-state index is 0.0158. The van der Waals surface area contributed by atoms with Gasteiger partial charge < -0.3 is 15.1 Å². The summed E-state index contributed by atoms with van der Waals surface area (Å²) in [4.78, 5) is 33.1. The maximum atomic E-state index is 14.0. The number of guanidine groups is 1. The highest BCUT2D eigenvalue weighted by Crippen LogP contribution is 2.21. The van der Waals surface area contributed by atoms with Gasteiger partial charge in [-0.05, 0) is 36.4 Å². The Morgan fingerprint density at radius 3 is 2.43 bits per heavy atom. The predicted octanol–water partition coefficient (Wildman–Crippen LogP) is 2.48. The van der Waals surface area contributed by atoms with Crippen molar-refractivity contribution in [2.24, 2.45) is 4.99 Å². The molecule has 1 fully saturated rings. The number of hydrogen-bond acceptors (Lipinski definition) is 5. The van der Waals surface area contributed by atoms with Crippen LogP contribution < -0.4 is 15.5 Å². The number of hydrogen-bond donors (Lipinski definition) is 2. The summed E-state index contributed by atoms with van der Waals surface area (Å²) < 4.78 is 14.0. The Morgan fingerprint density at radius 1 is 1.07 bits per heavy atom. The number of nitrogens with zero attached hydrogens (tertiary/aromatic N) is 3. The van der Waals surface area contributed by atoms with E-state index in [2.05, 4.69) is 15.6 Å². The van der Waals surface area contributed by atoms with Crippen molar-refractivity contribution in [1.82, 2.24) is 10.2 Å². The topological polar surface area (TPSA) is 77.0 Å². The Bertz CT molecular complexity index is 974. The highest BCUT2D eigenvalue weighted by Gasteiger charge is 2.31. The fraction of sp³-hybridized carbons (Fsp3) is 0.286. The normalized spacial score (nSPS) is 19.2. The largest absolute Gasteiger partial charge is 0.366 e. The first-order valence-electron chi connectivity index (χ1n) is 9.68. The van der Waals surface area contributed by atoms with Crippen LogP contribution >= 0.6 is 11.6 Å². The molecule has 0 aliphatic carbocycles. The van der Waals surface area contributed by atoms with Crippen molar-refractivity contribution in [3.05, 3.63) is 59.4 Å². The SMILES string of the molecule is O=C1C[C@H](C(=O)Nc2ccc(Cl)cc2)N=C(N2CCN(c3ccccc3F)CC2)N1. The molecule has 0 aromatic heterocycles. The molecule has 0 unspecified atom stereocenters. The number of halogens is 2. The molecule has 0 bridgehead atoms. The number of carbonyl (C=O) groups is 2. The summed E-state index contributed by atoms with van der Waals surface area (Å²) in [7, 11) is 0. The van der Waals surface area contributed by atoms with E-state index in [4.69, 9.17) is 11.6 Å². The molecule has 1 atom stereocenters. The lowest BCUT2D eigenvalue weighted by atomic mass is 10.1. The molecule has 2 aromatic carbocycles. The van der Waals surface area contributed by atoms with Gasteiger partial charge in [0, 0.05) is 36.9 Å². The van der Waals surface area contributed by atoms with Gasteiger partial charge in [-0.3, -0.25) is 14.9 Å². The second kappa shape index (κ2) is 8.71. The summed E-state index contributed by atoms with van der Waals surface area (Å²) in [6.45, 7) is 2.27. The van der Waals surface area contributed by atoms with Crippen LogP contribution in [0.25, 0.3) is 0 Å². The van der Waals surface area contributed by atoms with Gasteiger partial charge in [-0.15, -0.1) is 0 Å². The van der Waals surface area contributed by atoms with Gasteiger partial charge in [0.1, 0.15) is 11.9 Å². The van der Waals surface area contributed by atoms with Crippen LogP contribution in [-0.4, -0.2) is 54.9 Å². The zero-order valence-electron chi connectivity index (χ0n) is 16.1. The maximum absolute atomic E-state index is 14.0. The molecule has 2 amide bonds. The van der Waals surface area contributed by atoms with E-state index in [1.807, 2.05) is 9.80 Å². The standard InChI is InChI=1S/C21H21ClFN5O2/c22-14-5-7-15(8-6-14)24-20(30)17-13-19(29)26-21(25-17)28-11-9-27(10-12-28)18-4-2-1-3-16(18)23/h1-8,17H,9-13H2,(H,24,30)(H,25,26,29)/t17-/m1/s1. The summed E-state index contributed by atoms with van der Waals surface area (Å²) in [6.07, 6.45) is -0.0158. The molecular formula is C21H21ClFN5O2. The lowest BCUT2D eigenvalue weighted by molar-refractivity contribution is -0.125. The third kappa shape index (κ3) is 4.54. The molecule has 2 aliphatic rings. The lowest BCUT2D eigenvalue weighted by Gasteiger charge is -2.38. The number of piperazine rings is 1. The number of amides is 2. The molecule has 0 saturated carbocycles. The first-order chi connectivity index (χ1) is 14.5. The van der Waals surface area contributed by atoms with Gasteiger partial charge in [0.2, 0.25) is 17.8 Å². The number of rotatable bonds is 3. The molecule has 2 aliphatic heterocycles. The van der Waals surface area contributed by atoms with Gasteiger partial charge >= 0.3 is 0 Å². The van der Waals surface area contributed by atoms with Gasteiger partial charge in [0.15, 0.2) is 0 Å². The molecule has 0 radical (unpaired) electrons. The number of anilines is 2. The highest BCUT2D eigenvalue weighted by molar-refractivity contribution is 6.30. The van der Waals surface area contributed by atoms with Crippen LogP contribution in [0.4, 0.5) is 15.8 Å². The molecule has 7 nitrogen and oxygen atoms in total. The molecular weight excluding hydrogens is 409 g/mol. The smallest absolute Gasteiger partial charge is 0.249 e. The van der Waals surface area contributed by atoms with Crippen LogP contribution in [0.2, 0.25) is 5.02 Å². The van der Waals surface area contributed by atoms with Crippen molar-refractivity contribution in [3.8, 4) is 0 Å². The van der Waals surface area contributed by atoms with E-state index in [0.717, 1.165) is 0 Å². The molecule has 2 N–H and O–H groups in total. The van der Waals surface area contributed by atoms with E-state index < -0.39 is 6.04 Å². The summed E-state index contributed by atoms with van der Waals surface area (Å²) in [6, 6.07) is 12.6. The van der Waals surface area contributed by atoms with Crippen molar-refractivity contribution in [1.29, 1.82) is 0 Å². The Morgan fingerprint density at radius 2 is 1.73 bits per heavy atom. The molecule has 156 valence electrons. The quantitative estimate of drug-likeness (QED) is 0.786. The van der Waals surface area contributed by atoms with E-state index in [9.17, 15) is 14.0 Å². The average molecular weight is 430 g/mol. The third-order valence-electron chi connectivity index (χ3n) is 5.09. The van der Waals surface area contributed by atoms with Crippen molar-refractivity contribution in [3.63, 3.8) is 0 Å². The van der Waals surface area contributed by atoms with E-state index in [0.29, 0.717) is 48.5 Å². The second-order valence-corrected chi connectivity index (χ2v) is 7.58. The molecule has 1 saturated heterocycles. The Hall–Kier alpha value is -3.13. The first kappa shape index (κ1) is 20.2. The van der Waals surface area contributed by atoms with Gasteiger partial charge in [0.25, 0.3) is 0 Å². The predicted molar refractivity (Wildman–Crippen MR) is 114 cm³/mol. The number of para-hydroxylation sites is 1. The second-order valence-electron chi connectivity index (χ2n) is 7.14. The molecule has 2 aromatic rings. The van der Waals surface area contributed by atoms with E-state index in [1.54, 1.807) is 42.5 Å². The molecule has 30 heavy (non-hydrogen) atoms. The van der Waals surface area contributed by atoms with Crippen LogP contribution in [0.5, 0.6) is 0 Å². The van der Waals surface area contributed by atoms with Gasteiger partial charge in [-0.1, -0.05) is 23.7 Å². The molecule has 2 heterocycles. The van der Waals surface area contributed by atoms with Crippen molar-refractivity contribution in [2.45, 2.75) is 12.5 Å². The zero-order chi connectivity index (χ0) is 21.1. The number of carbonyl (C=O) groups excluding carboxylic acids is 2. The molecule has 0 spiro atoms. The number of benzene rings is 2. The Labute approximate surface area is 178 Å². The number of nitrogens with one attached hydrogen (secondary N) is 2. The van der Waals surface area contributed by atoms with Gasteiger partial charge in [0.05, 0.1) is 12.1 Å². The highest BCUT2D eigenvalue weighted by atomic mass is 35.5. The van der Waals surface area contributed by atoms with E-state index in [-0.39, 0.29) is 24.1 Å². The number of aliphatic imine (C=N–C) groups is 1. The minimum Gasteiger partial charge on any atom is -0.366 e. The maximum Gasteiger partial charge on any atom is 0.249 e. The fourth-order valence-corrected chi connectivity index (χ4v) is 3.64. The summed E-state index contributed by atoms with van der Waals surface area (Å²) in [5, 5.41) is 6.09. The molecule has 9 heteroatoms. The minimum atomic E-state index is -0.811. The summed E-state index contributed by atoms with van der Waals surface area (Å²) in [5.74, 6) is -0.480. The summed E-state index contributed by atoms with van der Waals surface area (Å²) >= 11 is 5.86. The van der Waals surface area contributed by atoms with Crippen molar-refractivity contribution >= 4 is 40.7 Å². The van der Waals surface area contributed by atoms with Crippen molar-refractivity contribution < 1.29 is 14.0 Å². The third-order valence-corrected chi connectivity index (χ3v) is 5.35. The van der Waals surface area contributed by atoms with Gasteiger partial charge in [-0.25, -0.2) is 9.38 Å². The van der Waals surface area contributed by atoms with Crippen LogP contribution in [-0.2, 0) is 9.59 Å².